The third-order valence-corrected chi connectivity index (χ3v) is 4.82. The molecule has 1 aliphatic rings. The first-order valence-electron chi connectivity index (χ1n) is 6.86. The van der Waals surface area contributed by atoms with E-state index in [0.717, 1.165) is 35.0 Å². The van der Waals surface area contributed by atoms with Gasteiger partial charge in [-0.3, -0.25) is 0 Å². The molecule has 1 saturated heterocycles. The Labute approximate surface area is 118 Å². The van der Waals surface area contributed by atoms with Crippen molar-refractivity contribution in [3.05, 3.63) is 17.1 Å². The van der Waals surface area contributed by atoms with Gasteiger partial charge in [-0.25, -0.2) is 4.98 Å². The second-order valence-corrected chi connectivity index (χ2v) is 7.54. The molecule has 1 aliphatic heterocycles. The third-order valence-electron chi connectivity index (χ3n) is 3.88. The van der Waals surface area contributed by atoms with Crippen molar-refractivity contribution in [3.63, 3.8) is 0 Å². The predicted molar refractivity (Wildman–Crippen MR) is 84.0 cm³/mol. The van der Waals surface area contributed by atoms with E-state index < -0.39 is 0 Å². The summed E-state index contributed by atoms with van der Waals surface area (Å²) in [6, 6.07) is 4.24. The van der Waals surface area contributed by atoms with Crippen LogP contribution in [0.15, 0.2) is 12.1 Å². The zero-order valence-electron chi connectivity index (χ0n) is 11.9. The van der Waals surface area contributed by atoms with E-state index in [9.17, 15) is 0 Å². The molecule has 1 aromatic heterocycles. The summed E-state index contributed by atoms with van der Waals surface area (Å²) in [6.07, 6.45) is 2.53. The van der Waals surface area contributed by atoms with Crippen molar-refractivity contribution < 1.29 is 0 Å². The molecule has 0 aliphatic carbocycles. The van der Waals surface area contributed by atoms with Crippen molar-refractivity contribution in [2.45, 2.75) is 33.6 Å². The number of aryl methyl sites for hydroxylation is 1. The maximum Gasteiger partial charge on any atom is 0.0907 e. The van der Waals surface area contributed by atoms with Crippen LogP contribution in [0.25, 0.3) is 10.2 Å². The van der Waals surface area contributed by atoms with Gasteiger partial charge >= 0.3 is 0 Å². The van der Waals surface area contributed by atoms with E-state index in [0.29, 0.717) is 5.41 Å². The van der Waals surface area contributed by atoms with Crippen LogP contribution in [0.4, 0.5) is 11.4 Å². The van der Waals surface area contributed by atoms with Crippen LogP contribution in [0.2, 0.25) is 0 Å². The lowest BCUT2D eigenvalue weighted by Gasteiger charge is -2.39. The van der Waals surface area contributed by atoms with E-state index in [4.69, 9.17) is 5.73 Å². The number of anilines is 2. The number of piperidine rings is 1. The molecule has 1 aromatic carbocycles. The first-order valence-corrected chi connectivity index (χ1v) is 7.68. The second-order valence-electron chi connectivity index (χ2n) is 6.30. The van der Waals surface area contributed by atoms with Gasteiger partial charge in [-0.05, 0) is 37.3 Å². The van der Waals surface area contributed by atoms with Crippen molar-refractivity contribution >= 4 is 32.9 Å². The molecule has 0 atom stereocenters. The van der Waals surface area contributed by atoms with Crippen molar-refractivity contribution in [1.29, 1.82) is 0 Å². The minimum Gasteiger partial charge on any atom is -0.397 e. The van der Waals surface area contributed by atoms with Crippen LogP contribution in [0, 0.1) is 12.3 Å². The number of hydrogen-bond acceptors (Lipinski definition) is 4. The van der Waals surface area contributed by atoms with Crippen LogP contribution < -0.4 is 10.6 Å². The van der Waals surface area contributed by atoms with Gasteiger partial charge in [-0.2, -0.15) is 0 Å². The number of thiazole rings is 1. The summed E-state index contributed by atoms with van der Waals surface area (Å²) in [4.78, 5) is 7.01. The number of nitrogens with zero attached hydrogens (tertiary/aromatic N) is 2. The topological polar surface area (TPSA) is 42.2 Å². The lowest BCUT2D eigenvalue weighted by atomic mass is 9.84. The number of nitrogens with two attached hydrogens (primary N) is 1. The molecule has 0 radical (unpaired) electrons. The van der Waals surface area contributed by atoms with E-state index in [-0.39, 0.29) is 0 Å². The number of nitrogen functional groups attached to an aromatic ring is 1. The lowest BCUT2D eigenvalue weighted by molar-refractivity contribution is 0.293. The molecular weight excluding hydrogens is 254 g/mol. The molecule has 0 unspecified atom stereocenters. The Balaban J connectivity index is 2.01. The van der Waals surface area contributed by atoms with Gasteiger partial charge in [0.1, 0.15) is 0 Å². The van der Waals surface area contributed by atoms with Gasteiger partial charge < -0.3 is 10.6 Å². The van der Waals surface area contributed by atoms with Gasteiger partial charge in [0.2, 0.25) is 0 Å². The van der Waals surface area contributed by atoms with Crippen LogP contribution in [0.5, 0.6) is 0 Å². The molecule has 2 heterocycles. The van der Waals surface area contributed by atoms with E-state index in [2.05, 4.69) is 35.9 Å². The molecule has 0 amide bonds. The number of benzene rings is 1. The summed E-state index contributed by atoms with van der Waals surface area (Å²) >= 11 is 1.71. The first kappa shape index (κ1) is 12.7. The quantitative estimate of drug-likeness (QED) is 0.805. The fourth-order valence-corrected chi connectivity index (χ4v) is 3.85. The largest absolute Gasteiger partial charge is 0.397 e. The molecule has 3 rings (SSSR count). The monoisotopic (exact) mass is 275 g/mol. The van der Waals surface area contributed by atoms with Gasteiger partial charge in [-0.15, -0.1) is 11.3 Å². The average molecular weight is 275 g/mol. The fourth-order valence-electron chi connectivity index (χ4n) is 3.00. The highest BCUT2D eigenvalue weighted by molar-refractivity contribution is 7.18. The lowest BCUT2D eigenvalue weighted by Crippen LogP contribution is -2.40. The maximum atomic E-state index is 6.25. The standard InChI is InChI=1S/C15H21N3S/c1-10-17-12-8-13(11(16)7-14(12)19-10)18-6-4-5-15(2,3)9-18/h7-8H,4-6,9,16H2,1-3H3. The van der Waals surface area contributed by atoms with Gasteiger partial charge in [-0.1, -0.05) is 13.8 Å². The van der Waals surface area contributed by atoms with E-state index in [1.54, 1.807) is 11.3 Å². The predicted octanol–water partition coefficient (Wildman–Crippen LogP) is 3.81. The summed E-state index contributed by atoms with van der Waals surface area (Å²) in [7, 11) is 0. The summed E-state index contributed by atoms with van der Waals surface area (Å²) in [5.74, 6) is 0. The minimum absolute atomic E-state index is 0.373. The molecule has 1 fully saturated rings. The molecule has 4 heteroatoms. The summed E-state index contributed by atoms with van der Waals surface area (Å²) in [5, 5.41) is 1.10. The minimum atomic E-state index is 0.373. The van der Waals surface area contributed by atoms with Crippen molar-refractivity contribution in [2.75, 3.05) is 23.7 Å². The molecule has 0 spiro atoms. The SMILES string of the molecule is Cc1nc2cc(N3CCCC(C)(C)C3)c(N)cc2s1. The molecule has 0 bridgehead atoms. The highest BCUT2D eigenvalue weighted by Crippen LogP contribution is 2.37. The molecule has 102 valence electrons. The van der Waals surface area contributed by atoms with Gasteiger partial charge in [0.05, 0.1) is 26.6 Å². The Morgan fingerprint density at radius 1 is 1.37 bits per heavy atom. The Morgan fingerprint density at radius 3 is 2.89 bits per heavy atom. The zero-order chi connectivity index (χ0) is 13.6. The smallest absolute Gasteiger partial charge is 0.0907 e. The summed E-state index contributed by atoms with van der Waals surface area (Å²) in [5.41, 5.74) is 9.75. The molecule has 19 heavy (non-hydrogen) atoms. The van der Waals surface area contributed by atoms with Crippen molar-refractivity contribution in [3.8, 4) is 0 Å². The molecule has 2 aromatic rings. The van der Waals surface area contributed by atoms with Gasteiger partial charge in [0.25, 0.3) is 0 Å². The molecule has 0 saturated carbocycles. The second kappa shape index (κ2) is 4.37. The highest BCUT2D eigenvalue weighted by Gasteiger charge is 2.27. The van der Waals surface area contributed by atoms with E-state index in [1.165, 1.54) is 17.5 Å². The molecular formula is C15H21N3S. The normalized spacial score (nSPS) is 19.0. The number of rotatable bonds is 1. The Morgan fingerprint density at radius 2 is 2.16 bits per heavy atom. The Kier molecular flexibility index (Phi) is 2.93. The number of aromatic nitrogens is 1. The maximum absolute atomic E-state index is 6.25. The average Bonchev–Trinajstić information content (AvgIpc) is 2.65. The van der Waals surface area contributed by atoms with Crippen LogP contribution in [-0.4, -0.2) is 18.1 Å². The zero-order valence-corrected chi connectivity index (χ0v) is 12.7. The number of hydrogen-bond donors (Lipinski definition) is 1. The third kappa shape index (κ3) is 2.41. The summed E-state index contributed by atoms with van der Waals surface area (Å²) < 4.78 is 1.19. The Bertz CT molecular complexity index is 615. The Hall–Kier alpha value is -1.29. The van der Waals surface area contributed by atoms with Crippen molar-refractivity contribution in [2.24, 2.45) is 5.41 Å². The van der Waals surface area contributed by atoms with Crippen LogP contribution in [0.1, 0.15) is 31.7 Å². The van der Waals surface area contributed by atoms with Crippen molar-refractivity contribution in [1.82, 2.24) is 4.98 Å². The van der Waals surface area contributed by atoms with E-state index >= 15 is 0 Å². The van der Waals surface area contributed by atoms with Gasteiger partial charge in [0, 0.05) is 13.1 Å². The highest BCUT2D eigenvalue weighted by atomic mass is 32.1. The van der Waals surface area contributed by atoms with E-state index in [1.807, 2.05) is 6.92 Å². The van der Waals surface area contributed by atoms with Crippen LogP contribution in [0.3, 0.4) is 0 Å². The van der Waals surface area contributed by atoms with Crippen LogP contribution >= 0.6 is 11.3 Å². The fraction of sp³-hybridized carbons (Fsp3) is 0.533. The summed E-state index contributed by atoms with van der Waals surface area (Å²) in [6.45, 7) is 8.89. The molecule has 3 nitrogen and oxygen atoms in total. The first-order chi connectivity index (χ1) is 8.94. The number of fused-ring (bicyclic) bond motifs is 1. The van der Waals surface area contributed by atoms with Gasteiger partial charge in [0.15, 0.2) is 0 Å². The van der Waals surface area contributed by atoms with Crippen LogP contribution in [-0.2, 0) is 0 Å². The molecule has 2 N–H and O–H groups in total.